The Labute approximate surface area is 78.9 Å². The maximum Gasteiger partial charge on any atom is 0.163 e. The van der Waals surface area contributed by atoms with Crippen molar-refractivity contribution >= 4 is 27.4 Å². The van der Waals surface area contributed by atoms with E-state index in [0.717, 1.165) is 22.0 Å². The molecule has 0 fully saturated rings. The number of nitrogens with two attached hydrogens (primary N) is 1. The lowest BCUT2D eigenvalue weighted by molar-refractivity contribution is 0.0994. The number of fused-ring (bicyclic) bond motifs is 1. The van der Waals surface area contributed by atoms with Crippen molar-refractivity contribution in [2.45, 2.75) is 12.8 Å². The summed E-state index contributed by atoms with van der Waals surface area (Å²) in [7, 11) is 0. The van der Waals surface area contributed by atoms with E-state index in [2.05, 4.69) is 15.9 Å². The highest BCUT2D eigenvalue weighted by atomic mass is 79.9. The first-order valence-electron chi connectivity index (χ1n) is 3.79. The Hall–Kier alpha value is -0.830. The predicted molar refractivity (Wildman–Crippen MR) is 51.2 cm³/mol. The number of ketones is 1. The third-order valence-corrected chi connectivity index (χ3v) is 2.83. The number of Topliss-reactive ketones (excluding diaryl/α,β-unsaturated/α-hetero) is 1. The number of hydrogen-bond donors (Lipinski definition) is 1. The summed E-state index contributed by atoms with van der Waals surface area (Å²) in [6.45, 7) is 0. The Morgan fingerprint density at radius 1 is 1.33 bits per heavy atom. The third kappa shape index (κ3) is 1.05. The van der Waals surface area contributed by atoms with Crippen molar-refractivity contribution in [2.24, 2.45) is 0 Å². The van der Waals surface area contributed by atoms with E-state index in [1.54, 1.807) is 6.07 Å². The van der Waals surface area contributed by atoms with E-state index in [1.807, 2.05) is 6.07 Å². The molecule has 2 nitrogen and oxygen atoms in total. The van der Waals surface area contributed by atoms with Crippen LogP contribution in [-0.4, -0.2) is 5.78 Å². The molecule has 0 atom stereocenters. The van der Waals surface area contributed by atoms with Gasteiger partial charge in [0.05, 0.1) is 0 Å². The minimum absolute atomic E-state index is 0.206. The fourth-order valence-electron chi connectivity index (χ4n) is 1.53. The van der Waals surface area contributed by atoms with Gasteiger partial charge < -0.3 is 5.73 Å². The van der Waals surface area contributed by atoms with Gasteiger partial charge in [0.15, 0.2) is 5.78 Å². The van der Waals surface area contributed by atoms with E-state index in [9.17, 15) is 4.79 Å². The zero-order valence-corrected chi connectivity index (χ0v) is 8.02. The summed E-state index contributed by atoms with van der Waals surface area (Å²) in [6, 6.07) is 3.60. The molecule has 3 heteroatoms. The van der Waals surface area contributed by atoms with Crippen molar-refractivity contribution in [3.8, 4) is 0 Å². The van der Waals surface area contributed by atoms with Gasteiger partial charge in [-0.25, -0.2) is 0 Å². The molecule has 12 heavy (non-hydrogen) atoms. The van der Waals surface area contributed by atoms with Gasteiger partial charge in [-0.1, -0.05) is 15.9 Å². The van der Waals surface area contributed by atoms with Crippen LogP contribution in [0, 0.1) is 0 Å². The average Bonchev–Trinajstić information content (AvgIpc) is 2.33. The molecule has 1 aliphatic rings. The van der Waals surface area contributed by atoms with Crippen LogP contribution in [0.2, 0.25) is 0 Å². The lowest BCUT2D eigenvalue weighted by atomic mass is 10.1. The van der Waals surface area contributed by atoms with Gasteiger partial charge in [0.2, 0.25) is 0 Å². The molecule has 0 aliphatic heterocycles. The second-order valence-corrected chi connectivity index (χ2v) is 3.81. The summed E-state index contributed by atoms with van der Waals surface area (Å²) in [4.78, 5) is 11.3. The van der Waals surface area contributed by atoms with E-state index >= 15 is 0 Å². The summed E-state index contributed by atoms with van der Waals surface area (Å²) in [6.07, 6.45) is 1.46. The molecule has 2 rings (SSSR count). The van der Waals surface area contributed by atoms with Crippen LogP contribution in [0.25, 0.3) is 0 Å². The molecule has 0 radical (unpaired) electrons. The second kappa shape index (κ2) is 2.59. The summed E-state index contributed by atoms with van der Waals surface area (Å²) >= 11 is 3.39. The van der Waals surface area contributed by atoms with E-state index in [1.165, 1.54) is 0 Å². The molecule has 0 spiro atoms. The van der Waals surface area contributed by atoms with Gasteiger partial charge in [-0.2, -0.15) is 0 Å². The standard InChI is InChI=1S/C9H8BrNO/c10-8-4-5(11)3-7-6(8)1-2-9(7)12/h3-4H,1-2,11H2. The van der Waals surface area contributed by atoms with Crippen molar-refractivity contribution < 1.29 is 4.79 Å². The van der Waals surface area contributed by atoms with E-state index in [0.29, 0.717) is 12.1 Å². The largest absolute Gasteiger partial charge is 0.399 e. The van der Waals surface area contributed by atoms with Crippen LogP contribution in [0.15, 0.2) is 16.6 Å². The first-order chi connectivity index (χ1) is 5.68. The summed E-state index contributed by atoms with van der Waals surface area (Å²) in [5.74, 6) is 0.206. The Balaban J connectivity index is 2.68. The average molecular weight is 226 g/mol. The van der Waals surface area contributed by atoms with Crippen molar-refractivity contribution in [3.05, 3.63) is 27.7 Å². The van der Waals surface area contributed by atoms with Gasteiger partial charge in [-0.15, -0.1) is 0 Å². The zero-order valence-electron chi connectivity index (χ0n) is 6.43. The molecule has 1 aliphatic carbocycles. The molecule has 0 amide bonds. The Kier molecular flexibility index (Phi) is 1.68. The van der Waals surface area contributed by atoms with Crippen molar-refractivity contribution in [2.75, 3.05) is 5.73 Å². The number of anilines is 1. The topological polar surface area (TPSA) is 43.1 Å². The van der Waals surface area contributed by atoms with Gasteiger partial charge in [-0.3, -0.25) is 4.79 Å². The van der Waals surface area contributed by atoms with Gasteiger partial charge >= 0.3 is 0 Å². The lowest BCUT2D eigenvalue weighted by Gasteiger charge is -2.02. The highest BCUT2D eigenvalue weighted by molar-refractivity contribution is 9.10. The van der Waals surface area contributed by atoms with Crippen molar-refractivity contribution in [3.63, 3.8) is 0 Å². The summed E-state index contributed by atoms with van der Waals surface area (Å²) in [5, 5.41) is 0. The highest BCUT2D eigenvalue weighted by Gasteiger charge is 2.21. The molecule has 0 saturated heterocycles. The molecule has 2 N–H and O–H groups in total. The Morgan fingerprint density at radius 2 is 2.08 bits per heavy atom. The van der Waals surface area contributed by atoms with Gasteiger partial charge in [-0.05, 0) is 24.1 Å². The van der Waals surface area contributed by atoms with E-state index in [-0.39, 0.29) is 5.78 Å². The number of rotatable bonds is 0. The number of carbonyl (C=O) groups is 1. The van der Waals surface area contributed by atoms with E-state index < -0.39 is 0 Å². The first-order valence-corrected chi connectivity index (χ1v) is 4.59. The maximum absolute atomic E-state index is 11.3. The molecule has 0 bridgehead atoms. The minimum Gasteiger partial charge on any atom is -0.399 e. The minimum atomic E-state index is 0.206. The molecule has 0 unspecified atom stereocenters. The van der Waals surface area contributed by atoms with Crippen LogP contribution < -0.4 is 5.73 Å². The predicted octanol–water partition coefficient (Wildman–Crippen LogP) is 2.16. The third-order valence-electron chi connectivity index (χ3n) is 2.12. The molecule has 0 aromatic heterocycles. The lowest BCUT2D eigenvalue weighted by Crippen LogP contribution is -1.94. The molecular weight excluding hydrogens is 218 g/mol. The normalized spacial score (nSPS) is 14.9. The summed E-state index contributed by atoms with van der Waals surface area (Å²) < 4.78 is 0.961. The Bertz CT molecular complexity index is 360. The van der Waals surface area contributed by atoms with Gasteiger partial charge in [0, 0.05) is 22.1 Å². The number of benzene rings is 1. The maximum atomic E-state index is 11.3. The first kappa shape index (κ1) is 7.80. The quantitative estimate of drug-likeness (QED) is 0.689. The van der Waals surface area contributed by atoms with Crippen LogP contribution in [0.5, 0.6) is 0 Å². The fourth-order valence-corrected chi connectivity index (χ4v) is 2.21. The molecular formula is C9H8BrNO. The Morgan fingerprint density at radius 3 is 2.83 bits per heavy atom. The van der Waals surface area contributed by atoms with E-state index in [4.69, 9.17) is 5.73 Å². The summed E-state index contributed by atoms with van der Waals surface area (Å²) in [5.41, 5.74) is 8.16. The molecule has 0 heterocycles. The van der Waals surface area contributed by atoms with Crippen LogP contribution in [0.3, 0.4) is 0 Å². The molecule has 62 valence electrons. The molecule has 0 saturated carbocycles. The monoisotopic (exact) mass is 225 g/mol. The van der Waals surface area contributed by atoms with Gasteiger partial charge in [0.1, 0.15) is 0 Å². The fraction of sp³-hybridized carbons (Fsp3) is 0.222. The van der Waals surface area contributed by atoms with Crippen molar-refractivity contribution in [1.29, 1.82) is 0 Å². The SMILES string of the molecule is Nc1cc(Br)c2c(c1)C(=O)CC2. The van der Waals surface area contributed by atoms with Crippen LogP contribution in [-0.2, 0) is 6.42 Å². The molecule has 1 aromatic rings. The van der Waals surface area contributed by atoms with Gasteiger partial charge in [0.25, 0.3) is 0 Å². The second-order valence-electron chi connectivity index (χ2n) is 2.95. The van der Waals surface area contributed by atoms with Crippen LogP contribution in [0.1, 0.15) is 22.3 Å². The zero-order chi connectivity index (χ0) is 8.72. The number of hydrogen-bond acceptors (Lipinski definition) is 2. The highest BCUT2D eigenvalue weighted by Crippen LogP contribution is 2.31. The van der Waals surface area contributed by atoms with Crippen LogP contribution >= 0.6 is 15.9 Å². The molecule has 1 aromatic carbocycles. The smallest absolute Gasteiger partial charge is 0.163 e. The van der Waals surface area contributed by atoms with Crippen LogP contribution in [0.4, 0.5) is 5.69 Å². The van der Waals surface area contributed by atoms with Crippen molar-refractivity contribution in [1.82, 2.24) is 0 Å². The number of nitrogen functional groups attached to an aromatic ring is 1. The number of carbonyl (C=O) groups excluding carboxylic acids is 1. The number of halogens is 1.